The smallest absolute Gasteiger partial charge is 0.303 e. The molecule has 1 N–H and O–H groups in total. The predicted octanol–water partition coefficient (Wildman–Crippen LogP) is 5.29. The average molecular weight is 308 g/mol. The van der Waals surface area contributed by atoms with Crippen LogP contribution in [0.3, 0.4) is 0 Å². The van der Waals surface area contributed by atoms with E-state index >= 15 is 0 Å². The van der Waals surface area contributed by atoms with Gasteiger partial charge in [-0.2, -0.15) is 0 Å². The molecule has 0 saturated carbocycles. The van der Waals surface area contributed by atoms with Crippen LogP contribution in [0.1, 0.15) is 64.7 Å². The number of hydrogen-bond acceptors (Lipinski definition) is 2. The molecular weight excluding hydrogens is 276 g/mol. The molecule has 0 bridgehead atoms. The quantitative estimate of drug-likeness (QED) is 0.269. The van der Waals surface area contributed by atoms with Crippen LogP contribution in [0.2, 0.25) is 0 Å². The van der Waals surface area contributed by atoms with Gasteiger partial charge in [0.05, 0.1) is 6.10 Å². The Hall–Kier alpha value is -1.35. The van der Waals surface area contributed by atoms with Gasteiger partial charge in [0.25, 0.3) is 0 Å². The maximum Gasteiger partial charge on any atom is 0.303 e. The van der Waals surface area contributed by atoms with Crippen LogP contribution in [0.25, 0.3) is 0 Å². The van der Waals surface area contributed by atoms with Gasteiger partial charge in [0.1, 0.15) is 0 Å². The third-order valence-corrected chi connectivity index (χ3v) is 3.41. The monoisotopic (exact) mass is 308 g/mol. The highest BCUT2D eigenvalue weighted by Gasteiger charge is 1.97. The van der Waals surface area contributed by atoms with E-state index in [4.69, 9.17) is 9.84 Å². The molecule has 22 heavy (non-hydrogen) atoms. The van der Waals surface area contributed by atoms with Gasteiger partial charge in [-0.1, -0.05) is 62.6 Å². The first-order valence-electron chi connectivity index (χ1n) is 8.43. The summed E-state index contributed by atoms with van der Waals surface area (Å²) in [6.07, 6.45) is 21.6. The topological polar surface area (TPSA) is 46.5 Å². The van der Waals surface area contributed by atoms with Gasteiger partial charge < -0.3 is 9.84 Å². The molecule has 0 fully saturated rings. The molecule has 0 aliphatic carbocycles. The molecule has 0 rings (SSSR count). The number of methoxy groups -OCH3 is 1. The van der Waals surface area contributed by atoms with Gasteiger partial charge in [-0.05, 0) is 32.1 Å². The van der Waals surface area contributed by atoms with Crippen LogP contribution in [0, 0.1) is 0 Å². The molecule has 0 spiro atoms. The summed E-state index contributed by atoms with van der Waals surface area (Å²) >= 11 is 0. The number of carboxylic acids is 1. The second kappa shape index (κ2) is 16.0. The molecule has 0 amide bonds. The molecule has 0 aliphatic heterocycles. The van der Waals surface area contributed by atoms with Crippen molar-refractivity contribution < 1.29 is 14.6 Å². The van der Waals surface area contributed by atoms with Crippen molar-refractivity contribution in [1.82, 2.24) is 0 Å². The molecule has 0 aliphatic rings. The van der Waals surface area contributed by atoms with Gasteiger partial charge in [0.15, 0.2) is 0 Å². The van der Waals surface area contributed by atoms with Gasteiger partial charge in [0, 0.05) is 13.5 Å². The Balaban J connectivity index is 3.57. The molecule has 0 aromatic carbocycles. The molecule has 0 radical (unpaired) electrons. The predicted molar refractivity (Wildman–Crippen MR) is 93.1 cm³/mol. The Bertz CT molecular complexity index is 343. The van der Waals surface area contributed by atoms with Crippen LogP contribution in [0.5, 0.6) is 0 Å². The van der Waals surface area contributed by atoms with E-state index in [9.17, 15) is 4.79 Å². The summed E-state index contributed by atoms with van der Waals surface area (Å²) < 4.78 is 5.38. The van der Waals surface area contributed by atoms with Crippen molar-refractivity contribution in [2.24, 2.45) is 0 Å². The van der Waals surface area contributed by atoms with Crippen LogP contribution >= 0.6 is 0 Å². The summed E-state index contributed by atoms with van der Waals surface area (Å²) in [5, 5.41) is 8.53. The van der Waals surface area contributed by atoms with Gasteiger partial charge in [0.2, 0.25) is 0 Å². The summed E-state index contributed by atoms with van der Waals surface area (Å²) in [5.74, 6) is -0.686. The number of aliphatic carboxylic acids is 1. The van der Waals surface area contributed by atoms with Crippen molar-refractivity contribution in [3.05, 3.63) is 36.5 Å². The zero-order chi connectivity index (χ0) is 16.5. The van der Waals surface area contributed by atoms with Crippen molar-refractivity contribution in [3.8, 4) is 0 Å². The molecule has 0 saturated heterocycles. The van der Waals surface area contributed by atoms with Crippen molar-refractivity contribution in [3.63, 3.8) is 0 Å². The fourth-order valence-corrected chi connectivity index (χ4v) is 2.08. The van der Waals surface area contributed by atoms with Crippen LogP contribution in [0.15, 0.2) is 36.5 Å². The van der Waals surface area contributed by atoms with E-state index in [2.05, 4.69) is 43.4 Å². The molecule has 0 heterocycles. The highest BCUT2D eigenvalue weighted by atomic mass is 16.5. The minimum atomic E-state index is -0.686. The molecule has 0 aromatic rings. The minimum absolute atomic E-state index is 0.154. The lowest BCUT2D eigenvalue weighted by molar-refractivity contribution is -0.137. The van der Waals surface area contributed by atoms with Crippen molar-refractivity contribution in [2.75, 3.05) is 7.11 Å². The van der Waals surface area contributed by atoms with Crippen LogP contribution in [-0.2, 0) is 9.53 Å². The van der Waals surface area contributed by atoms with Crippen molar-refractivity contribution >= 4 is 5.97 Å². The van der Waals surface area contributed by atoms with E-state index in [1.54, 1.807) is 7.11 Å². The van der Waals surface area contributed by atoms with Crippen LogP contribution < -0.4 is 0 Å². The molecule has 1 atom stereocenters. The average Bonchev–Trinajstić information content (AvgIpc) is 2.50. The third-order valence-electron chi connectivity index (χ3n) is 3.41. The molecule has 1 unspecified atom stereocenters. The molecule has 0 aromatic heterocycles. The van der Waals surface area contributed by atoms with Crippen LogP contribution in [-0.4, -0.2) is 24.3 Å². The number of carboxylic acid groups (broad SMARTS) is 1. The van der Waals surface area contributed by atoms with E-state index in [1.165, 1.54) is 12.8 Å². The van der Waals surface area contributed by atoms with E-state index in [0.717, 1.165) is 38.5 Å². The maximum absolute atomic E-state index is 10.3. The van der Waals surface area contributed by atoms with E-state index < -0.39 is 5.97 Å². The Kier molecular flexibility index (Phi) is 15.0. The standard InChI is InChI=1S/C19H32O3/c1-3-4-12-15-18(22-2)16-13-10-8-6-5-7-9-11-14-17-19(20)21/h4,8,10,12-13,16,18H,3,5-7,9,11,14-15,17H2,1-2H3,(H,20,21). The highest BCUT2D eigenvalue weighted by Crippen LogP contribution is 2.08. The first kappa shape index (κ1) is 20.6. The number of rotatable bonds is 14. The zero-order valence-corrected chi connectivity index (χ0v) is 14.2. The number of unbranched alkanes of at least 4 members (excludes halogenated alkanes) is 5. The first-order chi connectivity index (χ1) is 10.7. The fraction of sp³-hybridized carbons (Fsp3) is 0.632. The lowest BCUT2D eigenvalue weighted by atomic mass is 10.1. The Labute approximate surface area is 135 Å². The number of hydrogen-bond donors (Lipinski definition) is 1. The van der Waals surface area contributed by atoms with E-state index in [-0.39, 0.29) is 6.10 Å². The first-order valence-corrected chi connectivity index (χ1v) is 8.43. The third kappa shape index (κ3) is 15.0. The highest BCUT2D eigenvalue weighted by molar-refractivity contribution is 5.66. The largest absolute Gasteiger partial charge is 0.481 e. The second-order valence-electron chi connectivity index (χ2n) is 5.40. The molecule has 3 nitrogen and oxygen atoms in total. The molecule has 3 heteroatoms. The zero-order valence-electron chi connectivity index (χ0n) is 14.2. The number of allylic oxidation sites excluding steroid dienone is 4. The summed E-state index contributed by atoms with van der Waals surface area (Å²) in [4.78, 5) is 10.3. The summed E-state index contributed by atoms with van der Waals surface area (Å²) in [7, 11) is 1.74. The summed E-state index contributed by atoms with van der Waals surface area (Å²) in [6, 6.07) is 0. The van der Waals surface area contributed by atoms with Gasteiger partial charge in [-0.25, -0.2) is 0 Å². The fourth-order valence-electron chi connectivity index (χ4n) is 2.08. The van der Waals surface area contributed by atoms with Crippen molar-refractivity contribution in [1.29, 1.82) is 0 Å². The minimum Gasteiger partial charge on any atom is -0.481 e. The molecule has 126 valence electrons. The Morgan fingerprint density at radius 2 is 1.77 bits per heavy atom. The Morgan fingerprint density at radius 1 is 1.05 bits per heavy atom. The van der Waals surface area contributed by atoms with E-state index in [0.29, 0.717) is 6.42 Å². The van der Waals surface area contributed by atoms with Crippen LogP contribution in [0.4, 0.5) is 0 Å². The van der Waals surface area contributed by atoms with E-state index in [1.807, 2.05) is 0 Å². The number of ether oxygens (including phenoxy) is 1. The maximum atomic E-state index is 10.3. The lowest BCUT2D eigenvalue weighted by Gasteiger charge is -2.06. The normalized spacial score (nSPS) is 13.5. The summed E-state index contributed by atoms with van der Waals surface area (Å²) in [5.41, 5.74) is 0. The molecular formula is C19H32O3. The summed E-state index contributed by atoms with van der Waals surface area (Å²) in [6.45, 7) is 2.13. The van der Waals surface area contributed by atoms with Gasteiger partial charge in [-0.3, -0.25) is 4.79 Å². The van der Waals surface area contributed by atoms with Gasteiger partial charge in [-0.15, -0.1) is 0 Å². The lowest BCUT2D eigenvalue weighted by Crippen LogP contribution is -2.04. The van der Waals surface area contributed by atoms with Gasteiger partial charge >= 0.3 is 5.97 Å². The Morgan fingerprint density at radius 3 is 2.45 bits per heavy atom. The van der Waals surface area contributed by atoms with Crippen molar-refractivity contribution in [2.45, 2.75) is 70.8 Å². The SMILES string of the molecule is CCC=CCC(C=CC=CCCCCCCCC(=O)O)OC. The second-order valence-corrected chi connectivity index (χ2v) is 5.40. The number of carbonyl (C=O) groups is 1.